The number of nitrogens with zero attached hydrogens (tertiary/aromatic N) is 1. The Bertz CT molecular complexity index is 785. The number of hydrogen-bond acceptors (Lipinski definition) is 8. The van der Waals surface area contributed by atoms with Crippen molar-refractivity contribution in [3.63, 3.8) is 0 Å². The molecule has 0 saturated carbocycles. The number of aromatic hydroxyl groups is 2. The number of esters is 2. The second-order valence-electron chi connectivity index (χ2n) is 6.39. The molecule has 28 heavy (non-hydrogen) atoms. The van der Waals surface area contributed by atoms with E-state index < -0.39 is 11.9 Å². The highest BCUT2D eigenvalue weighted by Crippen LogP contribution is 2.27. The van der Waals surface area contributed by atoms with E-state index in [2.05, 4.69) is 0 Å². The van der Waals surface area contributed by atoms with Gasteiger partial charge in [0.25, 0.3) is 0 Å². The van der Waals surface area contributed by atoms with Gasteiger partial charge in [0, 0.05) is 13.1 Å². The smallest absolute Gasteiger partial charge is 0.325 e. The van der Waals surface area contributed by atoms with Gasteiger partial charge in [-0.05, 0) is 49.2 Å². The van der Waals surface area contributed by atoms with Gasteiger partial charge in [0.1, 0.15) is 0 Å². The van der Waals surface area contributed by atoms with E-state index in [1.165, 1.54) is 29.2 Å². The maximum atomic E-state index is 12.2. The largest absolute Gasteiger partial charge is 0.504 e. The minimum Gasteiger partial charge on any atom is -0.504 e. The molecule has 0 aliphatic carbocycles. The SMILES string of the molecule is Cc1ccc(OC(=O)CN(CCN)CC(=O)Oc2ccc(C)cc2O)c(O)c1. The van der Waals surface area contributed by atoms with E-state index in [4.69, 9.17) is 15.2 Å². The number of phenols is 2. The summed E-state index contributed by atoms with van der Waals surface area (Å²) in [5, 5.41) is 19.6. The summed E-state index contributed by atoms with van der Waals surface area (Å²) < 4.78 is 10.3. The van der Waals surface area contributed by atoms with Crippen LogP contribution in [0, 0.1) is 13.8 Å². The Balaban J connectivity index is 1.96. The summed E-state index contributed by atoms with van der Waals surface area (Å²) in [6, 6.07) is 9.34. The first-order valence-corrected chi connectivity index (χ1v) is 8.71. The van der Waals surface area contributed by atoms with Crippen molar-refractivity contribution < 1.29 is 29.3 Å². The topological polar surface area (TPSA) is 122 Å². The highest BCUT2D eigenvalue weighted by Gasteiger charge is 2.18. The monoisotopic (exact) mass is 388 g/mol. The Morgan fingerprint density at radius 2 is 1.32 bits per heavy atom. The fourth-order valence-corrected chi connectivity index (χ4v) is 2.50. The van der Waals surface area contributed by atoms with Gasteiger partial charge in [0.2, 0.25) is 0 Å². The van der Waals surface area contributed by atoms with Crippen LogP contribution in [0.4, 0.5) is 0 Å². The molecule has 0 radical (unpaired) electrons. The molecule has 0 heterocycles. The van der Waals surface area contributed by atoms with Gasteiger partial charge in [-0.3, -0.25) is 14.5 Å². The Morgan fingerprint density at radius 3 is 1.68 bits per heavy atom. The van der Waals surface area contributed by atoms with Gasteiger partial charge in [0.15, 0.2) is 23.0 Å². The fourth-order valence-electron chi connectivity index (χ4n) is 2.50. The minimum atomic E-state index is -0.654. The third-order valence-electron chi connectivity index (χ3n) is 3.83. The highest BCUT2D eigenvalue weighted by molar-refractivity contribution is 5.78. The molecular weight excluding hydrogens is 364 g/mol. The van der Waals surface area contributed by atoms with Crippen LogP contribution in [0.3, 0.4) is 0 Å². The minimum absolute atomic E-state index is 0.0375. The van der Waals surface area contributed by atoms with Crippen LogP contribution in [-0.4, -0.2) is 53.2 Å². The van der Waals surface area contributed by atoms with Crippen LogP contribution >= 0.6 is 0 Å². The summed E-state index contributed by atoms with van der Waals surface area (Å²) in [5.41, 5.74) is 7.19. The average molecular weight is 388 g/mol. The van der Waals surface area contributed by atoms with Crippen LogP contribution < -0.4 is 15.2 Å². The van der Waals surface area contributed by atoms with Gasteiger partial charge in [-0.25, -0.2) is 0 Å². The number of hydrogen-bond donors (Lipinski definition) is 3. The molecule has 8 nitrogen and oxygen atoms in total. The molecule has 0 spiro atoms. The molecule has 8 heteroatoms. The predicted molar refractivity (Wildman–Crippen MR) is 102 cm³/mol. The Labute approximate surface area is 163 Å². The number of carbonyl (C=O) groups is 2. The van der Waals surface area contributed by atoms with E-state index in [9.17, 15) is 19.8 Å². The van der Waals surface area contributed by atoms with Crippen molar-refractivity contribution in [1.82, 2.24) is 4.90 Å². The summed E-state index contributed by atoms with van der Waals surface area (Å²) in [7, 11) is 0. The lowest BCUT2D eigenvalue weighted by Crippen LogP contribution is -2.40. The first-order valence-electron chi connectivity index (χ1n) is 8.71. The van der Waals surface area contributed by atoms with Crippen LogP contribution in [0.2, 0.25) is 0 Å². The second-order valence-corrected chi connectivity index (χ2v) is 6.39. The zero-order valence-electron chi connectivity index (χ0n) is 15.8. The lowest BCUT2D eigenvalue weighted by Gasteiger charge is -2.19. The van der Waals surface area contributed by atoms with Crippen molar-refractivity contribution in [3.8, 4) is 23.0 Å². The molecule has 0 atom stereocenters. The van der Waals surface area contributed by atoms with Crippen molar-refractivity contribution >= 4 is 11.9 Å². The summed E-state index contributed by atoms with van der Waals surface area (Å²) in [6.45, 7) is 3.62. The molecule has 0 unspecified atom stereocenters. The van der Waals surface area contributed by atoms with Gasteiger partial charge in [-0.2, -0.15) is 0 Å². The van der Waals surface area contributed by atoms with E-state index in [0.717, 1.165) is 11.1 Å². The van der Waals surface area contributed by atoms with Crippen molar-refractivity contribution in [2.75, 3.05) is 26.2 Å². The number of benzene rings is 2. The molecule has 2 rings (SSSR count). The molecular formula is C20H24N2O6. The van der Waals surface area contributed by atoms with E-state index in [1.54, 1.807) is 26.0 Å². The van der Waals surface area contributed by atoms with Gasteiger partial charge < -0.3 is 25.4 Å². The maximum Gasteiger partial charge on any atom is 0.325 e. The molecule has 2 aromatic rings. The van der Waals surface area contributed by atoms with Gasteiger partial charge in [-0.15, -0.1) is 0 Å². The molecule has 0 bridgehead atoms. The molecule has 2 aromatic carbocycles. The average Bonchev–Trinajstić information content (AvgIpc) is 2.60. The number of rotatable bonds is 8. The molecule has 0 aliphatic heterocycles. The van der Waals surface area contributed by atoms with E-state index >= 15 is 0 Å². The van der Waals surface area contributed by atoms with Gasteiger partial charge in [0.05, 0.1) is 13.1 Å². The van der Waals surface area contributed by atoms with Gasteiger partial charge >= 0.3 is 11.9 Å². The van der Waals surface area contributed by atoms with Crippen molar-refractivity contribution in [1.29, 1.82) is 0 Å². The van der Waals surface area contributed by atoms with Crippen LogP contribution in [0.1, 0.15) is 11.1 Å². The van der Waals surface area contributed by atoms with E-state index in [1.807, 2.05) is 0 Å². The maximum absolute atomic E-state index is 12.2. The molecule has 0 aromatic heterocycles. The number of phenolic OH excluding ortho intramolecular Hbond substituents is 2. The van der Waals surface area contributed by atoms with E-state index in [0.29, 0.717) is 0 Å². The second kappa shape index (κ2) is 9.72. The normalized spacial score (nSPS) is 10.7. The van der Waals surface area contributed by atoms with Crippen molar-refractivity contribution in [3.05, 3.63) is 47.5 Å². The zero-order chi connectivity index (χ0) is 20.7. The van der Waals surface area contributed by atoms with Crippen LogP contribution in [0.15, 0.2) is 36.4 Å². The Hall–Kier alpha value is -3.10. The highest BCUT2D eigenvalue weighted by atomic mass is 16.5. The Kier molecular flexibility index (Phi) is 7.36. The standard InChI is InChI=1S/C20H24N2O6/c1-13-3-5-17(15(23)9-13)27-19(25)11-22(8-7-21)12-20(26)28-18-6-4-14(2)10-16(18)24/h3-6,9-10,23-24H,7-8,11-12,21H2,1-2H3. The number of carbonyl (C=O) groups excluding carboxylic acids is 2. The first-order chi connectivity index (χ1) is 13.3. The lowest BCUT2D eigenvalue weighted by atomic mass is 10.2. The number of nitrogens with two attached hydrogens (primary N) is 1. The fraction of sp³-hybridized carbons (Fsp3) is 0.300. The van der Waals surface area contributed by atoms with Gasteiger partial charge in [-0.1, -0.05) is 12.1 Å². The number of aryl methyl sites for hydroxylation is 2. The Morgan fingerprint density at radius 1 is 0.893 bits per heavy atom. The first kappa shape index (κ1) is 21.2. The molecule has 0 fully saturated rings. The summed E-state index contributed by atoms with van der Waals surface area (Å²) in [4.78, 5) is 25.8. The zero-order valence-corrected chi connectivity index (χ0v) is 15.8. The molecule has 150 valence electrons. The van der Waals surface area contributed by atoms with Crippen LogP contribution in [0.5, 0.6) is 23.0 Å². The summed E-state index contributed by atoms with van der Waals surface area (Å²) in [6.07, 6.45) is 0. The molecule has 0 amide bonds. The van der Waals surface area contributed by atoms with Crippen molar-refractivity contribution in [2.45, 2.75) is 13.8 Å². The number of ether oxygens (including phenoxy) is 2. The molecule has 0 saturated heterocycles. The lowest BCUT2D eigenvalue weighted by molar-refractivity contribution is -0.139. The quantitative estimate of drug-likeness (QED) is 0.459. The van der Waals surface area contributed by atoms with Crippen molar-refractivity contribution in [2.24, 2.45) is 5.73 Å². The van der Waals surface area contributed by atoms with Crippen LogP contribution in [-0.2, 0) is 9.59 Å². The molecule has 0 aliphatic rings. The third kappa shape index (κ3) is 6.26. The summed E-state index contributed by atoms with van der Waals surface area (Å²) >= 11 is 0. The van der Waals surface area contributed by atoms with Crippen LogP contribution in [0.25, 0.3) is 0 Å². The molecule has 4 N–H and O–H groups in total. The summed E-state index contributed by atoms with van der Waals surface area (Å²) in [5.74, 6) is -1.52. The van der Waals surface area contributed by atoms with E-state index in [-0.39, 0.29) is 49.2 Å². The predicted octanol–water partition coefficient (Wildman–Crippen LogP) is 1.49. The third-order valence-corrected chi connectivity index (χ3v) is 3.83.